The molecule has 1 saturated heterocycles. The lowest BCUT2D eigenvalue weighted by Gasteiger charge is -2.30. The van der Waals surface area contributed by atoms with Crippen molar-refractivity contribution in [3.8, 4) is 0 Å². The Kier molecular flexibility index (Phi) is 7.13. The lowest BCUT2D eigenvalue weighted by molar-refractivity contribution is -0.120. The van der Waals surface area contributed by atoms with Crippen molar-refractivity contribution in [3.05, 3.63) is 76.7 Å². The topological polar surface area (TPSA) is 92.5 Å². The molecule has 35 heavy (non-hydrogen) atoms. The standard InChI is InChI=1S/C25H25F2N3O4S/c1-16-5-3-4-6-22(16)28-25(31)19-11-13-30(14-12-19)35(32,33)24-17(2)29-34-23(24)10-8-18-7-9-20(26)15-21(18)27/h3-10,15,19H,11-14H2,1-2H3,(H,28,31). The van der Waals surface area contributed by atoms with Gasteiger partial charge in [0, 0.05) is 36.3 Å². The molecule has 10 heteroatoms. The highest BCUT2D eigenvalue weighted by Gasteiger charge is 2.36. The van der Waals surface area contributed by atoms with Crippen molar-refractivity contribution >= 4 is 33.8 Å². The maximum Gasteiger partial charge on any atom is 0.248 e. The molecule has 0 aliphatic carbocycles. The van der Waals surface area contributed by atoms with Crippen LogP contribution in [-0.4, -0.2) is 36.9 Å². The summed E-state index contributed by atoms with van der Waals surface area (Å²) in [5.41, 5.74) is 1.93. The molecule has 4 rings (SSSR count). The molecule has 1 aromatic heterocycles. The number of halogens is 2. The summed E-state index contributed by atoms with van der Waals surface area (Å²) in [4.78, 5) is 12.6. The Balaban J connectivity index is 1.47. The number of para-hydroxylation sites is 1. The first kappa shape index (κ1) is 24.7. The molecule has 7 nitrogen and oxygen atoms in total. The number of amides is 1. The highest BCUT2D eigenvalue weighted by atomic mass is 32.2. The van der Waals surface area contributed by atoms with Crippen LogP contribution in [0.5, 0.6) is 0 Å². The predicted molar refractivity (Wildman–Crippen MR) is 128 cm³/mol. The fourth-order valence-corrected chi connectivity index (χ4v) is 5.76. The van der Waals surface area contributed by atoms with Crippen LogP contribution in [0.3, 0.4) is 0 Å². The highest BCUT2D eigenvalue weighted by Crippen LogP contribution is 2.30. The maximum atomic E-state index is 13.9. The number of sulfonamides is 1. The van der Waals surface area contributed by atoms with E-state index in [2.05, 4.69) is 10.5 Å². The van der Waals surface area contributed by atoms with Gasteiger partial charge in [0.25, 0.3) is 0 Å². The molecular formula is C25H25F2N3O4S. The number of aryl methyl sites for hydroxylation is 2. The largest absolute Gasteiger partial charge is 0.355 e. The van der Waals surface area contributed by atoms with Gasteiger partial charge in [-0.05, 0) is 62.6 Å². The third-order valence-corrected chi connectivity index (χ3v) is 8.09. The monoisotopic (exact) mass is 501 g/mol. The first-order chi connectivity index (χ1) is 16.7. The van der Waals surface area contributed by atoms with Crippen LogP contribution in [0, 0.1) is 31.4 Å². The van der Waals surface area contributed by atoms with E-state index < -0.39 is 21.7 Å². The SMILES string of the molecule is Cc1ccccc1NC(=O)C1CCN(S(=O)(=O)c2c(C)noc2C=Cc2ccc(F)cc2F)CC1. The lowest BCUT2D eigenvalue weighted by atomic mass is 9.97. The summed E-state index contributed by atoms with van der Waals surface area (Å²) >= 11 is 0. The molecule has 1 fully saturated rings. The van der Waals surface area contributed by atoms with Gasteiger partial charge >= 0.3 is 0 Å². The Bertz CT molecular complexity index is 1380. The number of aromatic nitrogens is 1. The van der Waals surface area contributed by atoms with Crippen LogP contribution in [0.2, 0.25) is 0 Å². The Morgan fingerprint density at radius 2 is 1.83 bits per heavy atom. The van der Waals surface area contributed by atoms with E-state index in [0.717, 1.165) is 23.4 Å². The summed E-state index contributed by atoms with van der Waals surface area (Å²) in [6, 6.07) is 10.5. The summed E-state index contributed by atoms with van der Waals surface area (Å²) in [5, 5.41) is 6.70. The van der Waals surface area contributed by atoms with Gasteiger partial charge in [-0.2, -0.15) is 4.31 Å². The lowest BCUT2D eigenvalue weighted by Crippen LogP contribution is -2.41. The van der Waals surface area contributed by atoms with Gasteiger partial charge in [-0.1, -0.05) is 23.4 Å². The second kappa shape index (κ2) is 10.1. The van der Waals surface area contributed by atoms with Crippen molar-refractivity contribution in [2.24, 2.45) is 5.92 Å². The number of anilines is 1. The van der Waals surface area contributed by atoms with Crippen LogP contribution in [0.1, 0.15) is 35.4 Å². The van der Waals surface area contributed by atoms with Gasteiger partial charge < -0.3 is 9.84 Å². The molecule has 2 aromatic carbocycles. The molecule has 1 aliphatic rings. The zero-order valence-electron chi connectivity index (χ0n) is 19.3. The van der Waals surface area contributed by atoms with Gasteiger partial charge in [0.1, 0.15) is 17.3 Å². The summed E-state index contributed by atoms with van der Waals surface area (Å²) in [7, 11) is -3.98. The maximum absolute atomic E-state index is 13.9. The van der Waals surface area contributed by atoms with Crippen LogP contribution in [0.4, 0.5) is 14.5 Å². The minimum Gasteiger partial charge on any atom is -0.355 e. The number of nitrogens with one attached hydrogen (secondary N) is 1. The smallest absolute Gasteiger partial charge is 0.248 e. The molecule has 0 atom stereocenters. The zero-order valence-corrected chi connectivity index (χ0v) is 20.1. The number of hydrogen-bond acceptors (Lipinski definition) is 5. The van der Waals surface area contributed by atoms with E-state index >= 15 is 0 Å². The number of rotatable bonds is 6. The Hall–Kier alpha value is -3.37. The predicted octanol–water partition coefficient (Wildman–Crippen LogP) is 4.78. The van der Waals surface area contributed by atoms with Gasteiger partial charge in [0.15, 0.2) is 10.7 Å². The molecule has 0 unspecified atom stereocenters. The number of nitrogens with zero attached hydrogens (tertiary/aromatic N) is 2. The number of piperidine rings is 1. The van der Waals surface area contributed by atoms with Crippen molar-refractivity contribution in [1.29, 1.82) is 0 Å². The first-order valence-corrected chi connectivity index (χ1v) is 12.6. The molecule has 184 valence electrons. The number of hydrogen-bond donors (Lipinski definition) is 1. The summed E-state index contributed by atoms with van der Waals surface area (Å²) in [6.45, 7) is 3.74. The molecule has 0 saturated carbocycles. The summed E-state index contributed by atoms with van der Waals surface area (Å²) in [6.07, 6.45) is 3.34. The third kappa shape index (κ3) is 5.33. The van der Waals surface area contributed by atoms with E-state index in [1.165, 1.54) is 29.4 Å². The first-order valence-electron chi connectivity index (χ1n) is 11.1. The number of carbonyl (C=O) groups excluding carboxylic acids is 1. The van der Waals surface area contributed by atoms with Gasteiger partial charge in [-0.15, -0.1) is 0 Å². The van der Waals surface area contributed by atoms with Gasteiger partial charge in [-0.25, -0.2) is 17.2 Å². The molecule has 0 bridgehead atoms. The highest BCUT2D eigenvalue weighted by molar-refractivity contribution is 7.89. The van der Waals surface area contributed by atoms with E-state index in [0.29, 0.717) is 12.8 Å². The fraction of sp³-hybridized carbons (Fsp3) is 0.280. The van der Waals surface area contributed by atoms with Gasteiger partial charge in [0.05, 0.1) is 0 Å². The van der Waals surface area contributed by atoms with Crippen molar-refractivity contribution in [3.63, 3.8) is 0 Å². The average Bonchev–Trinajstić information content (AvgIpc) is 3.21. The summed E-state index contributed by atoms with van der Waals surface area (Å²) < 4.78 is 60.4. The molecule has 2 heterocycles. The quantitative estimate of drug-likeness (QED) is 0.525. The number of carbonyl (C=O) groups is 1. The molecule has 1 aliphatic heterocycles. The minimum absolute atomic E-state index is 0.0503. The second-order valence-corrected chi connectivity index (χ2v) is 10.3. The molecule has 3 aromatic rings. The van der Waals surface area contributed by atoms with E-state index in [1.807, 2.05) is 31.2 Å². The van der Waals surface area contributed by atoms with Crippen molar-refractivity contribution in [1.82, 2.24) is 9.46 Å². The van der Waals surface area contributed by atoms with Crippen molar-refractivity contribution in [2.45, 2.75) is 31.6 Å². The summed E-state index contributed by atoms with van der Waals surface area (Å²) in [5.74, 6) is -2.00. The van der Waals surface area contributed by atoms with Gasteiger partial charge in [0.2, 0.25) is 15.9 Å². The molecule has 1 N–H and O–H groups in total. The van der Waals surface area contributed by atoms with E-state index in [-0.39, 0.29) is 46.8 Å². The van der Waals surface area contributed by atoms with Gasteiger partial charge in [-0.3, -0.25) is 4.79 Å². The van der Waals surface area contributed by atoms with Crippen LogP contribution in [0.25, 0.3) is 12.2 Å². The van der Waals surface area contributed by atoms with Crippen LogP contribution in [0.15, 0.2) is 51.9 Å². The Morgan fingerprint density at radius 1 is 1.11 bits per heavy atom. The molecule has 0 spiro atoms. The zero-order chi connectivity index (χ0) is 25.2. The van der Waals surface area contributed by atoms with E-state index in [1.54, 1.807) is 0 Å². The van der Waals surface area contributed by atoms with Crippen molar-refractivity contribution in [2.75, 3.05) is 18.4 Å². The molecule has 0 radical (unpaired) electrons. The van der Waals surface area contributed by atoms with Crippen LogP contribution in [-0.2, 0) is 14.8 Å². The second-order valence-electron chi connectivity index (χ2n) is 8.44. The fourth-order valence-electron chi connectivity index (χ4n) is 4.04. The van der Waals surface area contributed by atoms with Crippen LogP contribution >= 0.6 is 0 Å². The third-order valence-electron chi connectivity index (χ3n) is 6.04. The van der Waals surface area contributed by atoms with E-state index in [9.17, 15) is 22.0 Å². The van der Waals surface area contributed by atoms with Crippen LogP contribution < -0.4 is 5.32 Å². The molecule has 1 amide bonds. The number of benzene rings is 2. The van der Waals surface area contributed by atoms with Crippen molar-refractivity contribution < 1.29 is 26.5 Å². The average molecular weight is 502 g/mol. The van der Waals surface area contributed by atoms with E-state index in [4.69, 9.17) is 4.52 Å². The molecular weight excluding hydrogens is 476 g/mol. The Labute approximate surface area is 202 Å². The minimum atomic E-state index is -3.98. The Morgan fingerprint density at radius 3 is 2.51 bits per heavy atom. The normalized spacial score (nSPS) is 15.5.